The molecule has 0 saturated carbocycles. The fourth-order valence-electron chi connectivity index (χ4n) is 1.95. The number of ether oxygens (including phenoxy) is 1. The summed E-state index contributed by atoms with van der Waals surface area (Å²) in [6.45, 7) is 9.46. The van der Waals surface area contributed by atoms with Crippen molar-refractivity contribution in [1.29, 1.82) is 0 Å². The summed E-state index contributed by atoms with van der Waals surface area (Å²) in [5.74, 6) is 1.85. The van der Waals surface area contributed by atoms with Gasteiger partial charge in [-0.2, -0.15) is 0 Å². The number of anilines is 1. The van der Waals surface area contributed by atoms with Gasteiger partial charge in [0.2, 0.25) is 0 Å². The molecule has 1 amide bonds. The van der Waals surface area contributed by atoms with E-state index in [1.807, 2.05) is 24.3 Å². The molecule has 0 aliphatic rings. The van der Waals surface area contributed by atoms with Gasteiger partial charge in [0.25, 0.3) is 5.91 Å². The van der Waals surface area contributed by atoms with E-state index in [9.17, 15) is 4.79 Å². The summed E-state index contributed by atoms with van der Waals surface area (Å²) in [6.07, 6.45) is 0. The first-order valence-corrected chi connectivity index (χ1v) is 7.31. The molecule has 0 spiro atoms. The Labute approximate surface area is 130 Å². The third-order valence-corrected chi connectivity index (χ3v) is 3.34. The Morgan fingerprint density at radius 3 is 2.41 bits per heavy atom. The fourth-order valence-corrected chi connectivity index (χ4v) is 1.95. The summed E-state index contributed by atoms with van der Waals surface area (Å²) in [5.41, 5.74) is 0.208. The van der Waals surface area contributed by atoms with Crippen LogP contribution in [0.2, 0.25) is 0 Å². The molecule has 118 valence electrons. The molecular formula is C17H22N2O3. The molecule has 5 nitrogen and oxygen atoms in total. The van der Waals surface area contributed by atoms with Gasteiger partial charge in [0, 0.05) is 6.07 Å². The highest BCUT2D eigenvalue weighted by Gasteiger charge is 2.30. The van der Waals surface area contributed by atoms with Crippen LogP contribution in [-0.2, 0) is 4.79 Å². The van der Waals surface area contributed by atoms with E-state index >= 15 is 0 Å². The minimum Gasteiger partial charge on any atom is -0.478 e. The summed E-state index contributed by atoms with van der Waals surface area (Å²) in [6, 6.07) is 9.44. The molecule has 1 heterocycles. The van der Waals surface area contributed by atoms with Crippen LogP contribution in [0.3, 0.4) is 0 Å². The first-order valence-electron chi connectivity index (χ1n) is 7.31. The summed E-state index contributed by atoms with van der Waals surface area (Å²) in [5, 5.41) is 6.43. The van der Waals surface area contributed by atoms with Crippen molar-refractivity contribution in [3.8, 4) is 5.75 Å². The van der Waals surface area contributed by atoms with Gasteiger partial charge in [-0.1, -0.05) is 31.1 Å². The molecular weight excluding hydrogens is 280 g/mol. The lowest BCUT2D eigenvalue weighted by molar-refractivity contribution is -0.128. The number of benzene rings is 1. The van der Waals surface area contributed by atoms with Gasteiger partial charge < -0.3 is 14.6 Å². The van der Waals surface area contributed by atoms with Crippen LogP contribution in [0.25, 0.3) is 0 Å². The zero-order valence-corrected chi connectivity index (χ0v) is 13.6. The Hall–Kier alpha value is -2.30. The molecule has 2 rings (SSSR count). The Balaban J connectivity index is 2.04. The number of carbonyl (C=O) groups is 1. The van der Waals surface area contributed by atoms with E-state index in [0.29, 0.717) is 23.2 Å². The van der Waals surface area contributed by atoms with E-state index in [0.717, 1.165) is 0 Å². The highest BCUT2D eigenvalue weighted by molar-refractivity contribution is 5.96. The predicted molar refractivity (Wildman–Crippen MR) is 85.1 cm³/mol. The van der Waals surface area contributed by atoms with Crippen molar-refractivity contribution in [2.75, 3.05) is 5.32 Å². The molecule has 5 heteroatoms. The number of nitrogens with one attached hydrogen (secondary N) is 1. The highest BCUT2D eigenvalue weighted by atomic mass is 16.5. The standard InChI is InChI=1S/C17H22N2O3/c1-11(2)13-6-8-14(9-7-13)21-17(4,5)16(20)18-15-10-12(3)22-19-15/h6-11H,1-5H3,(H,18,19,20). The molecule has 0 radical (unpaired) electrons. The van der Waals surface area contributed by atoms with E-state index in [1.165, 1.54) is 5.56 Å². The summed E-state index contributed by atoms with van der Waals surface area (Å²) in [4.78, 5) is 12.3. The van der Waals surface area contributed by atoms with Crippen LogP contribution < -0.4 is 10.1 Å². The second-order valence-corrected chi connectivity index (χ2v) is 6.11. The van der Waals surface area contributed by atoms with Gasteiger partial charge in [-0.3, -0.25) is 4.79 Å². The third kappa shape index (κ3) is 3.87. The predicted octanol–water partition coefficient (Wildman–Crippen LogP) is 3.90. The van der Waals surface area contributed by atoms with Crippen LogP contribution in [0.4, 0.5) is 5.82 Å². The number of hydrogen-bond acceptors (Lipinski definition) is 4. The molecule has 0 atom stereocenters. The highest BCUT2D eigenvalue weighted by Crippen LogP contribution is 2.23. The molecule has 1 aromatic carbocycles. The Kier molecular flexibility index (Phi) is 4.54. The largest absolute Gasteiger partial charge is 0.478 e. The van der Waals surface area contributed by atoms with E-state index in [4.69, 9.17) is 9.26 Å². The van der Waals surface area contributed by atoms with Crippen molar-refractivity contribution in [2.24, 2.45) is 0 Å². The molecule has 0 saturated heterocycles. The molecule has 22 heavy (non-hydrogen) atoms. The quantitative estimate of drug-likeness (QED) is 0.909. The maximum absolute atomic E-state index is 12.3. The molecule has 0 unspecified atom stereocenters. The monoisotopic (exact) mass is 302 g/mol. The lowest BCUT2D eigenvalue weighted by Crippen LogP contribution is -2.42. The zero-order valence-electron chi connectivity index (χ0n) is 13.6. The molecule has 0 fully saturated rings. The first kappa shape index (κ1) is 16.1. The molecule has 0 aliphatic carbocycles. The van der Waals surface area contributed by atoms with Crippen molar-refractivity contribution >= 4 is 11.7 Å². The molecule has 0 aliphatic heterocycles. The second-order valence-electron chi connectivity index (χ2n) is 6.11. The van der Waals surface area contributed by atoms with Gasteiger partial charge in [-0.15, -0.1) is 0 Å². The summed E-state index contributed by atoms with van der Waals surface area (Å²) in [7, 11) is 0. The molecule has 1 N–H and O–H groups in total. The van der Waals surface area contributed by atoms with Gasteiger partial charge in [0.15, 0.2) is 11.4 Å². The van der Waals surface area contributed by atoms with Crippen LogP contribution in [0.1, 0.15) is 44.9 Å². The van der Waals surface area contributed by atoms with E-state index in [1.54, 1.807) is 26.8 Å². The molecule has 2 aromatic rings. The number of aryl methyl sites for hydroxylation is 1. The minimum absolute atomic E-state index is 0.284. The van der Waals surface area contributed by atoms with Crippen LogP contribution in [-0.4, -0.2) is 16.7 Å². The van der Waals surface area contributed by atoms with E-state index < -0.39 is 5.60 Å². The molecule has 0 bridgehead atoms. The van der Waals surface area contributed by atoms with Gasteiger partial charge >= 0.3 is 0 Å². The van der Waals surface area contributed by atoms with Gasteiger partial charge in [-0.25, -0.2) is 0 Å². The summed E-state index contributed by atoms with van der Waals surface area (Å²) < 4.78 is 10.7. The fraction of sp³-hybridized carbons (Fsp3) is 0.412. The van der Waals surface area contributed by atoms with Crippen LogP contribution >= 0.6 is 0 Å². The Morgan fingerprint density at radius 1 is 1.27 bits per heavy atom. The van der Waals surface area contributed by atoms with Gasteiger partial charge in [-0.05, 0) is 44.4 Å². The second kappa shape index (κ2) is 6.22. The minimum atomic E-state index is -1.02. The SMILES string of the molecule is Cc1cc(NC(=O)C(C)(C)Oc2ccc(C(C)C)cc2)no1. The van der Waals surface area contributed by atoms with Crippen molar-refractivity contribution in [3.63, 3.8) is 0 Å². The maximum Gasteiger partial charge on any atom is 0.269 e. The first-order chi connectivity index (χ1) is 10.3. The van der Waals surface area contributed by atoms with Gasteiger partial charge in [0.1, 0.15) is 11.5 Å². The molecule has 1 aromatic heterocycles. The van der Waals surface area contributed by atoms with Crippen LogP contribution in [0, 0.1) is 6.92 Å². The van der Waals surface area contributed by atoms with Crippen molar-refractivity contribution in [3.05, 3.63) is 41.7 Å². The van der Waals surface area contributed by atoms with Gasteiger partial charge in [0.05, 0.1) is 0 Å². The number of hydrogen-bond donors (Lipinski definition) is 1. The number of aromatic nitrogens is 1. The lowest BCUT2D eigenvalue weighted by Gasteiger charge is -2.25. The normalized spacial score (nSPS) is 11.5. The Bertz CT molecular complexity index is 642. The zero-order chi connectivity index (χ0) is 16.3. The number of amides is 1. The average molecular weight is 302 g/mol. The topological polar surface area (TPSA) is 64.4 Å². The van der Waals surface area contributed by atoms with E-state index in [-0.39, 0.29) is 5.91 Å². The van der Waals surface area contributed by atoms with Crippen LogP contribution in [0.5, 0.6) is 5.75 Å². The Morgan fingerprint density at radius 2 is 1.91 bits per heavy atom. The van der Waals surface area contributed by atoms with Crippen molar-refractivity contribution in [2.45, 2.75) is 46.1 Å². The van der Waals surface area contributed by atoms with Crippen LogP contribution in [0.15, 0.2) is 34.9 Å². The number of carbonyl (C=O) groups excluding carboxylic acids is 1. The maximum atomic E-state index is 12.3. The number of nitrogens with zero attached hydrogens (tertiary/aromatic N) is 1. The van der Waals surface area contributed by atoms with E-state index in [2.05, 4.69) is 24.3 Å². The third-order valence-electron chi connectivity index (χ3n) is 3.34. The average Bonchev–Trinajstić information content (AvgIpc) is 2.84. The van der Waals surface area contributed by atoms with Crippen molar-refractivity contribution in [1.82, 2.24) is 5.16 Å². The lowest BCUT2D eigenvalue weighted by atomic mass is 10.0. The van der Waals surface area contributed by atoms with Crippen molar-refractivity contribution < 1.29 is 14.1 Å². The summed E-state index contributed by atoms with van der Waals surface area (Å²) >= 11 is 0. The smallest absolute Gasteiger partial charge is 0.269 e. The number of rotatable bonds is 5.